The standard InChI is InChI=1S/C26H23BrClIN2O5S/c1-4-6-18-21(25(34)36-5-2)22(16-11-14(27)7-8-19(16)35-3)31-24(33)20(37-26(31)30-18)10-13-9-15(28)12-17(29)23(13)32/h7-12,22,32H,4-6H2,1-3H3/b20-10+/t22-/m0/s1. The average Bonchev–Trinajstić information content (AvgIpc) is 3.16. The number of halogens is 3. The van der Waals surface area contributed by atoms with Gasteiger partial charge in [0.2, 0.25) is 0 Å². The van der Waals surface area contributed by atoms with E-state index in [-0.39, 0.29) is 17.9 Å². The lowest BCUT2D eigenvalue weighted by Gasteiger charge is -2.27. The van der Waals surface area contributed by atoms with Gasteiger partial charge in [-0.3, -0.25) is 9.36 Å². The molecule has 0 saturated carbocycles. The maximum absolute atomic E-state index is 13.9. The molecule has 4 rings (SSSR count). The second-order valence-electron chi connectivity index (χ2n) is 8.13. The van der Waals surface area contributed by atoms with E-state index in [1.807, 2.05) is 41.6 Å². The van der Waals surface area contributed by atoms with Gasteiger partial charge in [0.1, 0.15) is 17.5 Å². The summed E-state index contributed by atoms with van der Waals surface area (Å²) in [6, 6.07) is 7.86. The van der Waals surface area contributed by atoms with E-state index in [9.17, 15) is 14.7 Å². The van der Waals surface area contributed by atoms with Crippen LogP contribution < -0.4 is 19.6 Å². The first kappa shape index (κ1) is 27.9. The lowest BCUT2D eigenvalue weighted by Crippen LogP contribution is -2.40. The van der Waals surface area contributed by atoms with Crippen LogP contribution in [0.2, 0.25) is 5.02 Å². The van der Waals surface area contributed by atoms with Crippen molar-refractivity contribution in [3.63, 3.8) is 0 Å². The Morgan fingerprint density at radius 3 is 2.76 bits per heavy atom. The summed E-state index contributed by atoms with van der Waals surface area (Å²) in [7, 11) is 1.54. The number of thiazole rings is 1. The molecule has 1 atom stereocenters. The van der Waals surface area contributed by atoms with Crippen LogP contribution in [0, 0.1) is 3.57 Å². The first-order valence-corrected chi connectivity index (χ1v) is 14.5. The topological polar surface area (TPSA) is 90.1 Å². The van der Waals surface area contributed by atoms with Gasteiger partial charge in [0.25, 0.3) is 5.56 Å². The molecule has 1 aliphatic heterocycles. The molecule has 0 fully saturated rings. The predicted molar refractivity (Wildman–Crippen MR) is 156 cm³/mol. The van der Waals surface area contributed by atoms with Crippen LogP contribution in [-0.4, -0.2) is 29.4 Å². The Morgan fingerprint density at radius 1 is 1.32 bits per heavy atom. The fourth-order valence-electron chi connectivity index (χ4n) is 4.17. The van der Waals surface area contributed by atoms with E-state index in [1.165, 1.54) is 15.9 Å². The molecular weight excluding hydrogens is 695 g/mol. The molecule has 194 valence electrons. The molecule has 0 spiro atoms. The molecule has 3 aromatic rings. The van der Waals surface area contributed by atoms with E-state index in [0.717, 1.165) is 10.9 Å². The molecule has 1 N–H and O–H groups in total. The molecule has 0 unspecified atom stereocenters. The minimum Gasteiger partial charge on any atom is -0.506 e. The van der Waals surface area contributed by atoms with E-state index < -0.39 is 12.0 Å². The number of rotatable bonds is 7. The summed E-state index contributed by atoms with van der Waals surface area (Å²) in [4.78, 5) is 32.4. The summed E-state index contributed by atoms with van der Waals surface area (Å²) in [5.74, 6) is 0.0161. The molecule has 0 bridgehead atoms. The molecule has 1 aromatic heterocycles. The third kappa shape index (κ3) is 5.52. The normalized spacial score (nSPS) is 15.4. The van der Waals surface area contributed by atoms with Gasteiger partial charge >= 0.3 is 5.97 Å². The van der Waals surface area contributed by atoms with E-state index in [2.05, 4.69) is 15.9 Å². The van der Waals surface area contributed by atoms with Crippen molar-refractivity contribution in [1.82, 2.24) is 4.57 Å². The number of ether oxygens (including phenoxy) is 2. The largest absolute Gasteiger partial charge is 0.506 e. The Hall–Kier alpha value is -2.15. The minimum atomic E-state index is -0.820. The molecule has 2 heterocycles. The number of esters is 1. The summed E-state index contributed by atoms with van der Waals surface area (Å²) in [5, 5.41) is 11.0. The number of phenols is 1. The molecule has 0 saturated heterocycles. The number of aromatic hydroxyl groups is 1. The number of nitrogens with zero attached hydrogens (tertiary/aromatic N) is 2. The monoisotopic (exact) mass is 716 g/mol. The summed E-state index contributed by atoms with van der Waals surface area (Å²) in [6.45, 7) is 3.92. The quantitative estimate of drug-likeness (QED) is 0.265. The van der Waals surface area contributed by atoms with Crippen LogP contribution in [0.5, 0.6) is 11.5 Å². The maximum atomic E-state index is 13.9. The minimum absolute atomic E-state index is 0.0277. The van der Waals surface area contributed by atoms with Gasteiger partial charge in [0.05, 0.1) is 33.1 Å². The highest BCUT2D eigenvalue weighted by molar-refractivity contribution is 14.1. The van der Waals surface area contributed by atoms with Gasteiger partial charge in [-0.1, -0.05) is 52.2 Å². The Bertz CT molecular complexity index is 1600. The Balaban J connectivity index is 2.08. The number of phenolic OH excluding ortho intramolecular Hbond substituents is 1. The van der Waals surface area contributed by atoms with Gasteiger partial charge in [0, 0.05) is 20.6 Å². The van der Waals surface area contributed by atoms with Crippen LogP contribution in [-0.2, 0) is 9.53 Å². The van der Waals surface area contributed by atoms with Crippen LogP contribution in [0.15, 0.2) is 55.9 Å². The van der Waals surface area contributed by atoms with Crippen molar-refractivity contribution in [3.8, 4) is 11.5 Å². The Morgan fingerprint density at radius 2 is 2.08 bits per heavy atom. The van der Waals surface area contributed by atoms with Gasteiger partial charge in [-0.05, 0) is 72.3 Å². The van der Waals surface area contributed by atoms with Gasteiger partial charge in [0.15, 0.2) is 4.80 Å². The van der Waals surface area contributed by atoms with E-state index in [4.69, 9.17) is 26.1 Å². The van der Waals surface area contributed by atoms with Gasteiger partial charge in [-0.15, -0.1) is 0 Å². The van der Waals surface area contributed by atoms with Gasteiger partial charge in [-0.2, -0.15) is 0 Å². The zero-order valence-corrected chi connectivity index (χ0v) is 25.5. The smallest absolute Gasteiger partial charge is 0.338 e. The molecule has 0 radical (unpaired) electrons. The SMILES string of the molecule is CCCC1=C(C(=O)OCC)[C@H](c2cc(Br)ccc2OC)n2c(s/c(=C/c3cc(Cl)cc(I)c3O)c2=O)=N1. The first-order valence-electron chi connectivity index (χ1n) is 11.4. The third-order valence-corrected chi connectivity index (χ3v) is 8.24. The van der Waals surface area contributed by atoms with Crippen molar-refractivity contribution in [1.29, 1.82) is 0 Å². The van der Waals surface area contributed by atoms with Crippen molar-refractivity contribution in [2.45, 2.75) is 32.7 Å². The van der Waals surface area contributed by atoms with E-state index in [1.54, 1.807) is 38.3 Å². The highest BCUT2D eigenvalue weighted by Crippen LogP contribution is 2.38. The fraction of sp³-hybridized carbons (Fsp3) is 0.269. The second kappa shape index (κ2) is 11.7. The fourth-order valence-corrected chi connectivity index (χ4v) is 6.62. The molecule has 0 amide bonds. The predicted octanol–water partition coefficient (Wildman–Crippen LogP) is 5.31. The number of benzene rings is 2. The lowest BCUT2D eigenvalue weighted by molar-refractivity contribution is -0.139. The van der Waals surface area contributed by atoms with E-state index >= 15 is 0 Å². The molecule has 1 aliphatic rings. The zero-order valence-electron chi connectivity index (χ0n) is 20.2. The number of carbonyl (C=O) groups is 1. The van der Waals surface area contributed by atoms with Gasteiger partial charge in [-0.25, -0.2) is 9.79 Å². The molecule has 2 aromatic carbocycles. The number of hydrogen-bond donors (Lipinski definition) is 1. The molecular formula is C26H23BrClIN2O5S. The van der Waals surface area contributed by atoms with Crippen molar-refractivity contribution in [3.05, 3.63) is 85.5 Å². The first-order chi connectivity index (χ1) is 17.7. The molecule has 0 aliphatic carbocycles. The number of methoxy groups -OCH3 is 1. The highest BCUT2D eigenvalue weighted by Gasteiger charge is 2.36. The molecule has 37 heavy (non-hydrogen) atoms. The Labute approximate surface area is 244 Å². The van der Waals surface area contributed by atoms with Gasteiger partial charge < -0.3 is 14.6 Å². The van der Waals surface area contributed by atoms with Crippen LogP contribution in [0.1, 0.15) is 43.9 Å². The summed E-state index contributed by atoms with van der Waals surface area (Å²) in [5.41, 5.74) is 1.55. The van der Waals surface area contributed by atoms with Crippen LogP contribution in [0.3, 0.4) is 0 Å². The van der Waals surface area contributed by atoms with Crippen molar-refractivity contribution in [2.75, 3.05) is 13.7 Å². The molecule has 11 heteroatoms. The second-order valence-corrected chi connectivity index (χ2v) is 11.6. The summed E-state index contributed by atoms with van der Waals surface area (Å²) >= 11 is 12.9. The summed E-state index contributed by atoms with van der Waals surface area (Å²) < 4.78 is 14.2. The molecule has 7 nitrogen and oxygen atoms in total. The van der Waals surface area contributed by atoms with Crippen molar-refractivity contribution >= 4 is 73.5 Å². The number of carbonyl (C=O) groups excluding carboxylic acids is 1. The number of hydrogen-bond acceptors (Lipinski definition) is 7. The van der Waals surface area contributed by atoms with E-state index in [0.29, 0.717) is 52.5 Å². The number of aromatic nitrogens is 1. The van der Waals surface area contributed by atoms with Crippen LogP contribution in [0.25, 0.3) is 6.08 Å². The van der Waals surface area contributed by atoms with Crippen molar-refractivity contribution < 1.29 is 19.4 Å². The zero-order chi connectivity index (χ0) is 26.9. The summed E-state index contributed by atoms with van der Waals surface area (Å²) in [6.07, 6.45) is 2.86. The number of fused-ring (bicyclic) bond motifs is 1. The van der Waals surface area contributed by atoms with Crippen LogP contribution in [0.4, 0.5) is 0 Å². The highest BCUT2D eigenvalue weighted by atomic mass is 127. The maximum Gasteiger partial charge on any atom is 0.338 e. The Kier molecular flexibility index (Phi) is 8.82. The average molecular weight is 718 g/mol. The third-order valence-electron chi connectivity index (χ3n) is 5.72. The lowest BCUT2D eigenvalue weighted by atomic mass is 9.93. The number of allylic oxidation sites excluding steroid dienone is 1. The van der Waals surface area contributed by atoms with Crippen LogP contribution >= 0.6 is 61.5 Å². The van der Waals surface area contributed by atoms with Crippen molar-refractivity contribution in [2.24, 2.45) is 4.99 Å².